The number of fused-ring (bicyclic) bond motifs is 1. The van der Waals surface area contributed by atoms with Gasteiger partial charge in [-0.2, -0.15) is 0 Å². The molecule has 4 heteroatoms. The van der Waals surface area contributed by atoms with Gasteiger partial charge in [-0.25, -0.2) is 4.98 Å². The molecule has 3 nitrogen and oxygen atoms in total. The third-order valence-electron chi connectivity index (χ3n) is 4.29. The van der Waals surface area contributed by atoms with Gasteiger partial charge in [0.25, 0.3) is 0 Å². The molecule has 0 aromatic carbocycles. The molecule has 0 bridgehead atoms. The van der Waals surface area contributed by atoms with Crippen LogP contribution in [0.5, 0.6) is 0 Å². The zero-order valence-electron chi connectivity index (χ0n) is 12.2. The monoisotopic (exact) mass is 297 g/mol. The van der Waals surface area contributed by atoms with E-state index in [0.29, 0.717) is 6.04 Å². The molecule has 1 saturated carbocycles. The number of rotatable bonds is 3. The molecule has 0 aliphatic heterocycles. The zero-order chi connectivity index (χ0) is 14.2. The van der Waals surface area contributed by atoms with Crippen LogP contribution in [0.2, 0.25) is 0 Å². The molecule has 1 fully saturated rings. The van der Waals surface area contributed by atoms with Gasteiger partial charge in [-0.05, 0) is 43.3 Å². The second-order valence-electron chi connectivity index (χ2n) is 5.77. The van der Waals surface area contributed by atoms with E-state index in [0.717, 1.165) is 17.2 Å². The summed E-state index contributed by atoms with van der Waals surface area (Å²) in [5.41, 5.74) is 3.34. The quantitative estimate of drug-likeness (QED) is 0.757. The van der Waals surface area contributed by atoms with E-state index in [9.17, 15) is 0 Å². The Morgan fingerprint density at radius 1 is 1.19 bits per heavy atom. The first-order chi connectivity index (χ1) is 10.3. The molecule has 3 heterocycles. The van der Waals surface area contributed by atoms with Gasteiger partial charge in [0, 0.05) is 11.7 Å². The van der Waals surface area contributed by atoms with Gasteiger partial charge in [-0.15, -0.1) is 11.3 Å². The fraction of sp³-hybridized carbons (Fsp3) is 0.353. The van der Waals surface area contributed by atoms with E-state index in [-0.39, 0.29) is 0 Å². The maximum absolute atomic E-state index is 4.87. The van der Waals surface area contributed by atoms with Gasteiger partial charge in [0.15, 0.2) is 0 Å². The van der Waals surface area contributed by atoms with Crippen LogP contribution in [0.25, 0.3) is 16.2 Å². The second kappa shape index (κ2) is 5.19. The van der Waals surface area contributed by atoms with Crippen LogP contribution in [-0.2, 0) is 0 Å². The molecule has 1 aliphatic carbocycles. The molecule has 0 radical (unpaired) electrons. The first-order valence-electron chi connectivity index (χ1n) is 7.61. The number of imidazole rings is 1. The Kier molecular flexibility index (Phi) is 3.19. The molecule has 4 rings (SSSR count). The Balaban J connectivity index is 1.89. The molecule has 108 valence electrons. The number of nitrogens with zero attached hydrogens (tertiary/aromatic N) is 2. The van der Waals surface area contributed by atoms with E-state index < -0.39 is 0 Å². The van der Waals surface area contributed by atoms with Crippen LogP contribution in [0, 0.1) is 6.92 Å². The predicted molar refractivity (Wildman–Crippen MR) is 89.1 cm³/mol. The zero-order valence-corrected chi connectivity index (χ0v) is 13.0. The normalized spacial score (nSPS) is 15.9. The number of pyridine rings is 1. The van der Waals surface area contributed by atoms with Gasteiger partial charge in [-0.1, -0.05) is 25.0 Å². The topological polar surface area (TPSA) is 29.3 Å². The van der Waals surface area contributed by atoms with Gasteiger partial charge in [0.2, 0.25) is 0 Å². The van der Waals surface area contributed by atoms with Crippen LogP contribution in [-0.4, -0.2) is 15.4 Å². The first kappa shape index (κ1) is 12.9. The van der Waals surface area contributed by atoms with Crippen molar-refractivity contribution in [1.29, 1.82) is 0 Å². The summed E-state index contributed by atoms with van der Waals surface area (Å²) >= 11 is 1.75. The lowest BCUT2D eigenvalue weighted by molar-refractivity contribution is 0.748. The second-order valence-corrected chi connectivity index (χ2v) is 6.72. The van der Waals surface area contributed by atoms with Crippen LogP contribution in [0.1, 0.15) is 31.4 Å². The lowest BCUT2D eigenvalue weighted by Gasteiger charge is -2.15. The number of anilines is 1. The van der Waals surface area contributed by atoms with Crippen molar-refractivity contribution >= 4 is 22.8 Å². The summed E-state index contributed by atoms with van der Waals surface area (Å²) in [4.78, 5) is 6.10. The molecule has 3 aromatic heterocycles. The first-order valence-corrected chi connectivity index (χ1v) is 8.49. The lowest BCUT2D eigenvalue weighted by Crippen LogP contribution is -2.16. The highest BCUT2D eigenvalue weighted by Gasteiger charge is 2.21. The summed E-state index contributed by atoms with van der Waals surface area (Å²) in [5, 5.41) is 5.89. The molecule has 0 atom stereocenters. The average molecular weight is 297 g/mol. The summed E-state index contributed by atoms with van der Waals surface area (Å²) in [5.74, 6) is 1.16. The van der Waals surface area contributed by atoms with Gasteiger partial charge < -0.3 is 5.32 Å². The number of aryl methyl sites for hydroxylation is 1. The van der Waals surface area contributed by atoms with E-state index >= 15 is 0 Å². The summed E-state index contributed by atoms with van der Waals surface area (Å²) in [6.07, 6.45) is 5.20. The fourth-order valence-corrected chi connectivity index (χ4v) is 3.95. The van der Waals surface area contributed by atoms with Crippen molar-refractivity contribution in [2.75, 3.05) is 5.32 Å². The molecular weight excluding hydrogens is 278 g/mol. The Morgan fingerprint density at radius 2 is 2.05 bits per heavy atom. The minimum Gasteiger partial charge on any atom is -0.367 e. The van der Waals surface area contributed by atoms with Crippen molar-refractivity contribution in [1.82, 2.24) is 9.38 Å². The van der Waals surface area contributed by atoms with Crippen molar-refractivity contribution in [2.45, 2.75) is 38.6 Å². The highest BCUT2D eigenvalue weighted by molar-refractivity contribution is 7.13. The fourth-order valence-electron chi connectivity index (χ4n) is 3.24. The molecule has 1 aliphatic rings. The summed E-state index contributed by atoms with van der Waals surface area (Å²) in [6.45, 7) is 2.15. The van der Waals surface area contributed by atoms with Crippen molar-refractivity contribution in [2.24, 2.45) is 0 Å². The summed E-state index contributed by atoms with van der Waals surface area (Å²) in [6, 6.07) is 11.1. The van der Waals surface area contributed by atoms with Crippen molar-refractivity contribution in [3.8, 4) is 10.6 Å². The SMILES string of the molecule is Cc1cccc2nc(-c3cccs3)c(NC3CCCC3)n12. The Bertz CT molecular complexity index is 752. The van der Waals surface area contributed by atoms with E-state index in [1.54, 1.807) is 11.3 Å². The average Bonchev–Trinajstić information content (AvgIpc) is 3.19. The number of nitrogens with one attached hydrogen (secondary N) is 1. The molecule has 1 N–H and O–H groups in total. The Morgan fingerprint density at radius 3 is 2.81 bits per heavy atom. The van der Waals surface area contributed by atoms with Gasteiger partial charge in [-0.3, -0.25) is 4.40 Å². The van der Waals surface area contributed by atoms with Crippen molar-refractivity contribution in [3.63, 3.8) is 0 Å². The molecule has 3 aromatic rings. The van der Waals surface area contributed by atoms with Gasteiger partial charge in [0.05, 0.1) is 4.88 Å². The van der Waals surface area contributed by atoms with E-state index in [1.165, 1.54) is 36.3 Å². The van der Waals surface area contributed by atoms with Crippen molar-refractivity contribution in [3.05, 3.63) is 41.4 Å². The maximum atomic E-state index is 4.87. The molecule has 21 heavy (non-hydrogen) atoms. The predicted octanol–water partition coefficient (Wildman–Crippen LogP) is 4.73. The van der Waals surface area contributed by atoms with Crippen molar-refractivity contribution < 1.29 is 0 Å². The number of hydrogen-bond acceptors (Lipinski definition) is 3. The number of thiophene rings is 1. The minimum absolute atomic E-state index is 0.586. The van der Waals surface area contributed by atoms with Crippen LogP contribution in [0.15, 0.2) is 35.7 Å². The number of hydrogen-bond donors (Lipinski definition) is 1. The third kappa shape index (κ3) is 2.23. The van der Waals surface area contributed by atoms with Crippen LogP contribution < -0.4 is 5.32 Å². The highest BCUT2D eigenvalue weighted by atomic mass is 32.1. The Labute approximate surface area is 128 Å². The Hall–Kier alpha value is -1.81. The van der Waals surface area contributed by atoms with Gasteiger partial charge >= 0.3 is 0 Å². The smallest absolute Gasteiger partial charge is 0.140 e. The summed E-state index contributed by atoms with van der Waals surface area (Å²) in [7, 11) is 0. The van der Waals surface area contributed by atoms with E-state index in [2.05, 4.69) is 52.4 Å². The standard InChI is InChI=1S/C17H19N3S/c1-12-6-4-10-15-19-16(14-9-5-11-21-14)17(20(12)15)18-13-7-2-3-8-13/h4-6,9-11,13,18H,2-3,7-8H2,1H3. The minimum atomic E-state index is 0.586. The number of aromatic nitrogens is 2. The highest BCUT2D eigenvalue weighted by Crippen LogP contribution is 2.34. The molecule has 0 spiro atoms. The van der Waals surface area contributed by atoms with Crippen LogP contribution in [0.4, 0.5) is 5.82 Å². The van der Waals surface area contributed by atoms with E-state index in [4.69, 9.17) is 4.98 Å². The van der Waals surface area contributed by atoms with Crippen LogP contribution in [0.3, 0.4) is 0 Å². The molecular formula is C17H19N3S. The van der Waals surface area contributed by atoms with E-state index in [1.807, 2.05) is 0 Å². The largest absolute Gasteiger partial charge is 0.367 e. The molecule has 0 amide bonds. The maximum Gasteiger partial charge on any atom is 0.140 e. The molecule has 0 unspecified atom stereocenters. The summed E-state index contributed by atoms with van der Waals surface area (Å²) < 4.78 is 2.26. The van der Waals surface area contributed by atoms with Gasteiger partial charge in [0.1, 0.15) is 17.2 Å². The third-order valence-corrected chi connectivity index (χ3v) is 5.17. The van der Waals surface area contributed by atoms with Crippen LogP contribution >= 0.6 is 11.3 Å². The lowest BCUT2D eigenvalue weighted by atomic mass is 10.2. The molecule has 0 saturated heterocycles.